The van der Waals surface area contributed by atoms with E-state index in [0.29, 0.717) is 12.5 Å². The van der Waals surface area contributed by atoms with Crippen LogP contribution in [0.25, 0.3) is 0 Å². The standard InChI is InChI=1S/C12H24N2O2/c1-4-9(2)13-12(16)8-14-6-5-11(7-14)10(3)15/h9-11,15H,4-8H2,1-3H3,(H,13,16). The average Bonchev–Trinajstić information content (AvgIpc) is 2.65. The SMILES string of the molecule is CCC(C)NC(=O)CN1CCC(C(C)O)C1. The minimum atomic E-state index is -0.261. The molecule has 1 saturated heterocycles. The predicted octanol–water partition coefficient (Wildman–Crippen LogP) is 0.604. The number of carbonyl (C=O) groups excluding carboxylic acids is 1. The maximum Gasteiger partial charge on any atom is 0.234 e. The van der Waals surface area contributed by atoms with Crippen molar-refractivity contribution in [2.24, 2.45) is 5.92 Å². The van der Waals surface area contributed by atoms with E-state index in [9.17, 15) is 9.90 Å². The summed E-state index contributed by atoms with van der Waals surface area (Å²) >= 11 is 0. The monoisotopic (exact) mass is 228 g/mol. The van der Waals surface area contributed by atoms with Crippen molar-refractivity contribution in [3.63, 3.8) is 0 Å². The van der Waals surface area contributed by atoms with Crippen LogP contribution in [0, 0.1) is 5.92 Å². The molecule has 4 heteroatoms. The Hall–Kier alpha value is -0.610. The van der Waals surface area contributed by atoms with Gasteiger partial charge in [0.25, 0.3) is 0 Å². The molecule has 16 heavy (non-hydrogen) atoms. The Morgan fingerprint density at radius 3 is 2.75 bits per heavy atom. The van der Waals surface area contributed by atoms with Gasteiger partial charge in [-0.3, -0.25) is 9.69 Å². The molecule has 3 unspecified atom stereocenters. The van der Waals surface area contributed by atoms with Crippen LogP contribution in [0.2, 0.25) is 0 Å². The lowest BCUT2D eigenvalue weighted by atomic mass is 10.0. The molecule has 0 saturated carbocycles. The fourth-order valence-corrected chi connectivity index (χ4v) is 2.03. The highest BCUT2D eigenvalue weighted by Crippen LogP contribution is 2.18. The van der Waals surface area contributed by atoms with Crippen LogP contribution in [0.1, 0.15) is 33.6 Å². The molecule has 1 aliphatic heterocycles. The van der Waals surface area contributed by atoms with Gasteiger partial charge < -0.3 is 10.4 Å². The van der Waals surface area contributed by atoms with Crippen LogP contribution >= 0.6 is 0 Å². The first-order chi connectivity index (χ1) is 7.52. The number of amides is 1. The zero-order valence-corrected chi connectivity index (χ0v) is 10.6. The molecule has 1 amide bonds. The molecule has 0 radical (unpaired) electrons. The van der Waals surface area contributed by atoms with Gasteiger partial charge in [0.15, 0.2) is 0 Å². The topological polar surface area (TPSA) is 52.6 Å². The van der Waals surface area contributed by atoms with Crippen molar-refractivity contribution in [2.45, 2.75) is 45.8 Å². The van der Waals surface area contributed by atoms with E-state index in [2.05, 4.69) is 17.1 Å². The largest absolute Gasteiger partial charge is 0.393 e. The Balaban J connectivity index is 2.26. The molecule has 4 nitrogen and oxygen atoms in total. The second kappa shape index (κ2) is 6.21. The molecule has 1 fully saturated rings. The van der Waals surface area contributed by atoms with E-state index in [0.717, 1.165) is 25.9 Å². The second-order valence-electron chi connectivity index (χ2n) is 4.90. The lowest BCUT2D eigenvalue weighted by Crippen LogP contribution is -2.40. The van der Waals surface area contributed by atoms with Crippen LogP contribution in [0.3, 0.4) is 0 Å². The molecule has 1 rings (SSSR count). The molecule has 1 aliphatic rings. The van der Waals surface area contributed by atoms with Gasteiger partial charge in [0.1, 0.15) is 0 Å². The number of nitrogens with zero attached hydrogens (tertiary/aromatic N) is 1. The highest BCUT2D eigenvalue weighted by molar-refractivity contribution is 5.78. The molecule has 3 atom stereocenters. The zero-order valence-electron chi connectivity index (χ0n) is 10.6. The first-order valence-corrected chi connectivity index (χ1v) is 6.22. The van der Waals surface area contributed by atoms with Crippen molar-refractivity contribution >= 4 is 5.91 Å². The Labute approximate surface area is 98.0 Å². The summed E-state index contributed by atoms with van der Waals surface area (Å²) in [6.45, 7) is 8.13. The van der Waals surface area contributed by atoms with Gasteiger partial charge in [-0.2, -0.15) is 0 Å². The minimum absolute atomic E-state index is 0.0978. The lowest BCUT2D eigenvalue weighted by Gasteiger charge is -2.18. The molecule has 94 valence electrons. The molecule has 0 aromatic heterocycles. The third-order valence-corrected chi connectivity index (χ3v) is 3.38. The summed E-state index contributed by atoms with van der Waals surface area (Å²) in [6, 6.07) is 0.252. The molecule has 0 aromatic carbocycles. The summed E-state index contributed by atoms with van der Waals surface area (Å²) in [6.07, 6.45) is 1.69. The van der Waals surface area contributed by atoms with Gasteiger partial charge in [-0.25, -0.2) is 0 Å². The van der Waals surface area contributed by atoms with Gasteiger partial charge in [0.2, 0.25) is 5.91 Å². The number of likely N-dealkylation sites (tertiary alicyclic amines) is 1. The van der Waals surface area contributed by atoms with E-state index in [1.165, 1.54) is 0 Å². The van der Waals surface area contributed by atoms with Gasteiger partial charge in [-0.1, -0.05) is 6.92 Å². The highest BCUT2D eigenvalue weighted by atomic mass is 16.3. The highest BCUT2D eigenvalue weighted by Gasteiger charge is 2.27. The van der Waals surface area contributed by atoms with E-state index in [1.54, 1.807) is 0 Å². The number of hydrogen-bond acceptors (Lipinski definition) is 3. The first kappa shape index (κ1) is 13.5. The van der Waals surface area contributed by atoms with Gasteiger partial charge in [0, 0.05) is 12.6 Å². The Bertz CT molecular complexity index is 231. The van der Waals surface area contributed by atoms with E-state index in [4.69, 9.17) is 0 Å². The first-order valence-electron chi connectivity index (χ1n) is 6.22. The fraction of sp³-hybridized carbons (Fsp3) is 0.917. The van der Waals surface area contributed by atoms with E-state index in [1.807, 2.05) is 13.8 Å². The van der Waals surface area contributed by atoms with E-state index in [-0.39, 0.29) is 18.1 Å². The molecular formula is C12H24N2O2. The smallest absolute Gasteiger partial charge is 0.234 e. The Morgan fingerprint density at radius 1 is 1.56 bits per heavy atom. The van der Waals surface area contributed by atoms with Crippen LogP contribution in [0.15, 0.2) is 0 Å². The summed E-state index contributed by atoms with van der Waals surface area (Å²) in [7, 11) is 0. The number of nitrogens with one attached hydrogen (secondary N) is 1. The fourth-order valence-electron chi connectivity index (χ4n) is 2.03. The normalized spacial score (nSPS) is 25.4. The number of aliphatic hydroxyl groups excluding tert-OH is 1. The van der Waals surface area contributed by atoms with Gasteiger partial charge in [-0.05, 0) is 39.2 Å². The quantitative estimate of drug-likeness (QED) is 0.724. The third kappa shape index (κ3) is 4.10. The van der Waals surface area contributed by atoms with Crippen molar-refractivity contribution in [2.75, 3.05) is 19.6 Å². The van der Waals surface area contributed by atoms with Crippen molar-refractivity contribution in [1.29, 1.82) is 0 Å². The average molecular weight is 228 g/mol. The number of hydrogen-bond donors (Lipinski definition) is 2. The summed E-state index contributed by atoms with van der Waals surface area (Å²) in [5, 5.41) is 12.4. The summed E-state index contributed by atoms with van der Waals surface area (Å²) < 4.78 is 0. The van der Waals surface area contributed by atoms with Crippen LogP contribution in [0.4, 0.5) is 0 Å². The van der Waals surface area contributed by atoms with Crippen LogP contribution in [-0.2, 0) is 4.79 Å². The minimum Gasteiger partial charge on any atom is -0.393 e. The zero-order chi connectivity index (χ0) is 12.1. The van der Waals surface area contributed by atoms with Crippen molar-refractivity contribution in [3.05, 3.63) is 0 Å². The molecule has 0 bridgehead atoms. The van der Waals surface area contributed by atoms with Crippen LogP contribution < -0.4 is 5.32 Å². The van der Waals surface area contributed by atoms with E-state index >= 15 is 0 Å². The molecule has 0 aromatic rings. The second-order valence-corrected chi connectivity index (χ2v) is 4.90. The maximum atomic E-state index is 11.6. The molecule has 0 aliphatic carbocycles. The number of rotatable bonds is 5. The van der Waals surface area contributed by atoms with Gasteiger partial charge in [-0.15, -0.1) is 0 Å². The molecule has 1 heterocycles. The number of aliphatic hydroxyl groups is 1. The van der Waals surface area contributed by atoms with Crippen LogP contribution in [0.5, 0.6) is 0 Å². The number of carbonyl (C=O) groups is 1. The van der Waals surface area contributed by atoms with Crippen molar-refractivity contribution in [3.8, 4) is 0 Å². The van der Waals surface area contributed by atoms with Crippen molar-refractivity contribution in [1.82, 2.24) is 10.2 Å². The van der Waals surface area contributed by atoms with Gasteiger partial charge >= 0.3 is 0 Å². The van der Waals surface area contributed by atoms with Crippen molar-refractivity contribution < 1.29 is 9.90 Å². The molecule has 0 spiro atoms. The summed E-state index contributed by atoms with van der Waals surface area (Å²) in [5.74, 6) is 0.428. The van der Waals surface area contributed by atoms with Crippen LogP contribution in [-0.4, -0.2) is 47.7 Å². The molecule has 2 N–H and O–H groups in total. The molecular weight excluding hydrogens is 204 g/mol. The lowest BCUT2D eigenvalue weighted by molar-refractivity contribution is -0.122. The summed E-state index contributed by atoms with van der Waals surface area (Å²) in [4.78, 5) is 13.7. The summed E-state index contributed by atoms with van der Waals surface area (Å²) in [5.41, 5.74) is 0. The third-order valence-electron chi connectivity index (χ3n) is 3.38. The predicted molar refractivity (Wildman–Crippen MR) is 64.1 cm³/mol. The Kier molecular flexibility index (Phi) is 5.22. The Morgan fingerprint density at radius 2 is 2.25 bits per heavy atom. The maximum absolute atomic E-state index is 11.6. The van der Waals surface area contributed by atoms with Gasteiger partial charge in [0.05, 0.1) is 12.6 Å². The van der Waals surface area contributed by atoms with E-state index < -0.39 is 0 Å².